The Morgan fingerprint density at radius 2 is 1.83 bits per heavy atom. The number of aryl methyl sites for hydroxylation is 1. The van der Waals surface area contributed by atoms with Crippen molar-refractivity contribution in [1.29, 1.82) is 0 Å². The van der Waals surface area contributed by atoms with Crippen LogP contribution in [0, 0.1) is 6.92 Å². The number of hydrogen-bond donors (Lipinski definition) is 0. The number of rotatable bonds is 3. The van der Waals surface area contributed by atoms with Crippen LogP contribution in [0.25, 0.3) is 0 Å². The summed E-state index contributed by atoms with van der Waals surface area (Å²) in [5.74, 6) is 1.03. The first-order valence-electron chi connectivity index (χ1n) is 5.93. The Morgan fingerprint density at radius 3 is 2.28 bits per heavy atom. The summed E-state index contributed by atoms with van der Waals surface area (Å²) >= 11 is 3.59. The van der Waals surface area contributed by atoms with Crippen molar-refractivity contribution in [2.45, 2.75) is 13.3 Å². The van der Waals surface area contributed by atoms with Gasteiger partial charge in [-0.3, -0.25) is 0 Å². The van der Waals surface area contributed by atoms with Crippen molar-refractivity contribution >= 4 is 21.6 Å². The number of anilines is 1. The lowest BCUT2D eigenvalue weighted by Gasteiger charge is -2.12. The normalized spacial score (nSPS) is 10.7. The van der Waals surface area contributed by atoms with Crippen molar-refractivity contribution in [2.24, 2.45) is 7.05 Å². The second-order valence-electron chi connectivity index (χ2n) is 4.69. The van der Waals surface area contributed by atoms with Gasteiger partial charge in [-0.1, -0.05) is 12.1 Å². The molecule has 0 amide bonds. The molecule has 1 aromatic carbocycles. The van der Waals surface area contributed by atoms with Crippen LogP contribution in [-0.4, -0.2) is 23.6 Å². The molecule has 0 radical (unpaired) electrons. The summed E-state index contributed by atoms with van der Waals surface area (Å²) in [6, 6.07) is 8.59. The fourth-order valence-electron chi connectivity index (χ4n) is 1.87. The van der Waals surface area contributed by atoms with Crippen molar-refractivity contribution in [3.63, 3.8) is 0 Å². The van der Waals surface area contributed by atoms with E-state index in [0.29, 0.717) is 0 Å². The lowest BCUT2D eigenvalue weighted by atomic mass is 10.1. The maximum absolute atomic E-state index is 4.57. The van der Waals surface area contributed by atoms with E-state index in [1.54, 1.807) is 0 Å². The fraction of sp³-hybridized carbons (Fsp3) is 0.357. The van der Waals surface area contributed by atoms with Gasteiger partial charge in [0.1, 0.15) is 10.4 Å². The van der Waals surface area contributed by atoms with E-state index in [1.807, 2.05) is 28.1 Å². The maximum atomic E-state index is 4.57. The molecule has 2 aromatic rings. The van der Waals surface area contributed by atoms with E-state index in [-0.39, 0.29) is 0 Å². The third-order valence-corrected chi connectivity index (χ3v) is 4.13. The van der Waals surface area contributed by atoms with Crippen molar-refractivity contribution < 1.29 is 0 Å². The van der Waals surface area contributed by atoms with Gasteiger partial charge in [-0.25, -0.2) is 4.98 Å². The Kier molecular flexibility index (Phi) is 3.76. The predicted molar refractivity (Wildman–Crippen MR) is 79.2 cm³/mol. The number of benzene rings is 1. The first kappa shape index (κ1) is 13.1. The van der Waals surface area contributed by atoms with Gasteiger partial charge in [-0.2, -0.15) is 0 Å². The summed E-state index contributed by atoms with van der Waals surface area (Å²) in [6.07, 6.45) is 0.857. The topological polar surface area (TPSA) is 21.1 Å². The third-order valence-electron chi connectivity index (χ3n) is 3.14. The molecule has 0 spiro atoms. The predicted octanol–water partition coefficient (Wildman–Crippen LogP) is 3.15. The van der Waals surface area contributed by atoms with Crippen molar-refractivity contribution in [3.05, 3.63) is 46.0 Å². The molecular weight excluding hydrogens is 290 g/mol. The van der Waals surface area contributed by atoms with Gasteiger partial charge in [0, 0.05) is 33.3 Å². The average molecular weight is 308 g/mol. The second kappa shape index (κ2) is 5.14. The smallest absolute Gasteiger partial charge is 0.108 e. The molecule has 2 rings (SSSR count). The molecule has 1 heterocycles. The summed E-state index contributed by atoms with van der Waals surface area (Å²) in [7, 11) is 6.12. The van der Waals surface area contributed by atoms with Crippen LogP contribution < -0.4 is 4.90 Å². The van der Waals surface area contributed by atoms with Gasteiger partial charge in [-0.15, -0.1) is 0 Å². The molecule has 0 bridgehead atoms. The Morgan fingerprint density at radius 1 is 1.22 bits per heavy atom. The molecule has 3 nitrogen and oxygen atoms in total. The molecular formula is C14H18BrN3. The maximum Gasteiger partial charge on any atom is 0.108 e. The quantitative estimate of drug-likeness (QED) is 0.868. The summed E-state index contributed by atoms with van der Waals surface area (Å²) < 4.78 is 3.13. The highest BCUT2D eigenvalue weighted by atomic mass is 79.9. The zero-order valence-corrected chi connectivity index (χ0v) is 12.8. The minimum atomic E-state index is 0.857. The van der Waals surface area contributed by atoms with E-state index in [4.69, 9.17) is 0 Å². The summed E-state index contributed by atoms with van der Waals surface area (Å²) in [5.41, 5.74) is 3.59. The summed E-state index contributed by atoms with van der Waals surface area (Å²) in [6.45, 7) is 2.02. The first-order chi connectivity index (χ1) is 8.49. The highest BCUT2D eigenvalue weighted by Crippen LogP contribution is 2.21. The van der Waals surface area contributed by atoms with Gasteiger partial charge in [0.2, 0.25) is 0 Å². The molecule has 18 heavy (non-hydrogen) atoms. The third kappa shape index (κ3) is 2.58. The molecule has 0 aliphatic rings. The summed E-state index contributed by atoms with van der Waals surface area (Å²) in [4.78, 5) is 6.67. The Labute approximate surface area is 117 Å². The molecule has 0 N–H and O–H groups in total. The minimum absolute atomic E-state index is 0.857. The SMILES string of the molecule is Cc1nc(Cc2ccc(N(C)C)cc2)c(Br)n1C. The molecule has 4 heteroatoms. The zero-order valence-electron chi connectivity index (χ0n) is 11.2. The Bertz CT molecular complexity index is 541. The first-order valence-corrected chi connectivity index (χ1v) is 6.72. The molecule has 0 unspecified atom stereocenters. The van der Waals surface area contributed by atoms with Crippen molar-refractivity contribution in [3.8, 4) is 0 Å². The highest BCUT2D eigenvalue weighted by Gasteiger charge is 2.10. The Balaban J connectivity index is 2.21. The fourth-order valence-corrected chi connectivity index (χ4v) is 2.36. The summed E-state index contributed by atoms with van der Waals surface area (Å²) in [5, 5.41) is 0. The monoisotopic (exact) mass is 307 g/mol. The lowest BCUT2D eigenvalue weighted by Crippen LogP contribution is -2.08. The van der Waals surface area contributed by atoms with Crippen LogP contribution in [0.2, 0.25) is 0 Å². The van der Waals surface area contributed by atoms with Crippen LogP contribution >= 0.6 is 15.9 Å². The molecule has 0 aliphatic heterocycles. The second-order valence-corrected chi connectivity index (χ2v) is 5.44. The van der Waals surface area contributed by atoms with Crippen molar-refractivity contribution in [1.82, 2.24) is 9.55 Å². The molecule has 0 atom stereocenters. The van der Waals surface area contributed by atoms with Gasteiger partial charge in [0.15, 0.2) is 0 Å². The van der Waals surface area contributed by atoms with Crippen LogP contribution in [0.1, 0.15) is 17.1 Å². The van der Waals surface area contributed by atoms with E-state index >= 15 is 0 Å². The van der Waals surface area contributed by atoms with Gasteiger partial charge in [0.05, 0.1) is 5.69 Å². The number of halogens is 1. The molecule has 96 valence electrons. The number of imidazole rings is 1. The number of aromatic nitrogens is 2. The van der Waals surface area contributed by atoms with Crippen LogP contribution in [-0.2, 0) is 13.5 Å². The van der Waals surface area contributed by atoms with E-state index in [9.17, 15) is 0 Å². The molecule has 0 saturated carbocycles. The van der Waals surface area contributed by atoms with Crippen LogP contribution in [0.3, 0.4) is 0 Å². The van der Waals surface area contributed by atoms with E-state index < -0.39 is 0 Å². The molecule has 0 fully saturated rings. The average Bonchev–Trinajstić information content (AvgIpc) is 2.58. The lowest BCUT2D eigenvalue weighted by molar-refractivity contribution is 0.839. The molecule has 0 aliphatic carbocycles. The van der Waals surface area contributed by atoms with Gasteiger partial charge >= 0.3 is 0 Å². The highest BCUT2D eigenvalue weighted by molar-refractivity contribution is 9.10. The number of nitrogens with zero attached hydrogens (tertiary/aromatic N) is 3. The van der Waals surface area contributed by atoms with Crippen molar-refractivity contribution in [2.75, 3.05) is 19.0 Å². The Hall–Kier alpha value is -1.29. The van der Waals surface area contributed by atoms with E-state index in [0.717, 1.165) is 22.5 Å². The largest absolute Gasteiger partial charge is 0.378 e. The van der Waals surface area contributed by atoms with Crippen LogP contribution in [0.4, 0.5) is 5.69 Å². The standard InChI is InChI=1S/C14H18BrN3/c1-10-16-13(14(15)18(10)4)9-11-5-7-12(8-6-11)17(2)3/h5-8H,9H2,1-4H3. The van der Waals surface area contributed by atoms with Crippen LogP contribution in [0.5, 0.6) is 0 Å². The van der Waals surface area contributed by atoms with Crippen LogP contribution in [0.15, 0.2) is 28.9 Å². The van der Waals surface area contributed by atoms with Gasteiger partial charge in [-0.05, 0) is 40.5 Å². The van der Waals surface area contributed by atoms with Gasteiger partial charge in [0.25, 0.3) is 0 Å². The van der Waals surface area contributed by atoms with E-state index in [1.165, 1.54) is 11.3 Å². The van der Waals surface area contributed by atoms with E-state index in [2.05, 4.69) is 54.6 Å². The minimum Gasteiger partial charge on any atom is -0.378 e. The zero-order chi connectivity index (χ0) is 13.3. The molecule has 0 saturated heterocycles. The van der Waals surface area contributed by atoms with Gasteiger partial charge < -0.3 is 9.47 Å². The number of hydrogen-bond acceptors (Lipinski definition) is 2. The molecule has 1 aromatic heterocycles.